The summed E-state index contributed by atoms with van der Waals surface area (Å²) in [4.78, 5) is 13.8. The molecule has 1 N–H and O–H groups in total. The lowest BCUT2D eigenvalue weighted by Crippen LogP contribution is -2.34. The number of halogens is 1. The van der Waals surface area contributed by atoms with Gasteiger partial charge in [-0.1, -0.05) is 18.2 Å². The molecule has 0 aliphatic carbocycles. The minimum absolute atomic E-state index is 0.326. The third kappa shape index (κ3) is 2.98. The molecule has 1 aromatic carbocycles. The van der Waals surface area contributed by atoms with Gasteiger partial charge in [0.1, 0.15) is 12.1 Å². The minimum Gasteiger partial charge on any atom is -0.321 e. The van der Waals surface area contributed by atoms with Gasteiger partial charge in [0.05, 0.1) is 11.7 Å². The largest absolute Gasteiger partial charge is 0.322 e. The maximum atomic E-state index is 13.9. The zero-order valence-corrected chi connectivity index (χ0v) is 12.8. The number of pyridine rings is 1. The van der Waals surface area contributed by atoms with Crippen LogP contribution in [0.5, 0.6) is 0 Å². The van der Waals surface area contributed by atoms with Gasteiger partial charge in [-0.25, -0.2) is 9.18 Å². The van der Waals surface area contributed by atoms with Crippen LogP contribution < -0.4 is 5.32 Å². The summed E-state index contributed by atoms with van der Waals surface area (Å²) >= 11 is 0. The van der Waals surface area contributed by atoms with Crippen LogP contribution in [0.1, 0.15) is 18.5 Å². The smallest absolute Gasteiger partial charge is 0.321 e. The van der Waals surface area contributed by atoms with Crippen LogP contribution in [0.3, 0.4) is 0 Å². The number of benzene rings is 1. The first kappa shape index (κ1) is 15.0. The third-order valence-corrected chi connectivity index (χ3v) is 3.80. The molecular formula is C16H16FN5O. The van der Waals surface area contributed by atoms with E-state index in [2.05, 4.69) is 15.5 Å². The van der Waals surface area contributed by atoms with Crippen molar-refractivity contribution in [1.82, 2.24) is 19.5 Å². The summed E-state index contributed by atoms with van der Waals surface area (Å²) in [6.45, 7) is 1.78. The molecular weight excluding hydrogens is 297 g/mol. The Bertz CT molecular complexity index is 847. The standard InChI is InChI=1S/C16H16FN5O/c1-11(13-5-3-4-6-14(13)17)21(2)16(23)19-12-7-8-15-20-18-10-22(15)9-12/h3-11H,1-2H3,(H,19,23)/t11-/m1/s1. The summed E-state index contributed by atoms with van der Waals surface area (Å²) in [7, 11) is 1.63. The molecule has 23 heavy (non-hydrogen) atoms. The molecule has 0 bridgehead atoms. The summed E-state index contributed by atoms with van der Waals surface area (Å²) in [6, 6.07) is 9.21. The number of nitrogens with zero attached hydrogens (tertiary/aromatic N) is 4. The monoisotopic (exact) mass is 313 g/mol. The normalized spacial score (nSPS) is 12.1. The Labute approximate surface area is 132 Å². The highest BCUT2D eigenvalue weighted by atomic mass is 19.1. The molecule has 0 radical (unpaired) electrons. The second-order valence-corrected chi connectivity index (χ2v) is 5.25. The molecule has 6 nitrogen and oxygen atoms in total. The number of nitrogens with one attached hydrogen (secondary N) is 1. The molecule has 1 atom stereocenters. The van der Waals surface area contributed by atoms with Gasteiger partial charge in [-0.05, 0) is 25.1 Å². The van der Waals surface area contributed by atoms with Crippen molar-refractivity contribution in [2.75, 3.05) is 12.4 Å². The van der Waals surface area contributed by atoms with Crippen molar-refractivity contribution in [3.8, 4) is 0 Å². The average Bonchev–Trinajstić information content (AvgIpc) is 3.01. The van der Waals surface area contributed by atoms with Crippen LogP contribution in [-0.4, -0.2) is 32.6 Å². The molecule has 0 aliphatic heterocycles. The first-order valence-corrected chi connectivity index (χ1v) is 7.14. The number of hydrogen-bond donors (Lipinski definition) is 1. The Morgan fingerprint density at radius 3 is 2.87 bits per heavy atom. The number of aromatic nitrogens is 3. The predicted octanol–water partition coefficient (Wildman–Crippen LogP) is 3.09. The quantitative estimate of drug-likeness (QED) is 0.808. The van der Waals surface area contributed by atoms with Gasteiger partial charge < -0.3 is 10.2 Å². The van der Waals surface area contributed by atoms with E-state index in [4.69, 9.17) is 0 Å². The van der Waals surface area contributed by atoms with Crippen molar-refractivity contribution < 1.29 is 9.18 Å². The van der Waals surface area contributed by atoms with Crippen molar-refractivity contribution in [3.63, 3.8) is 0 Å². The van der Waals surface area contributed by atoms with Crippen molar-refractivity contribution in [2.45, 2.75) is 13.0 Å². The fourth-order valence-corrected chi connectivity index (χ4v) is 2.31. The highest BCUT2D eigenvalue weighted by Gasteiger charge is 2.20. The van der Waals surface area contributed by atoms with Gasteiger partial charge in [-0.3, -0.25) is 4.40 Å². The number of anilines is 1. The topological polar surface area (TPSA) is 62.5 Å². The van der Waals surface area contributed by atoms with Crippen LogP contribution in [0.25, 0.3) is 5.65 Å². The maximum absolute atomic E-state index is 13.9. The number of amides is 2. The Morgan fingerprint density at radius 2 is 2.09 bits per heavy atom. The maximum Gasteiger partial charge on any atom is 0.322 e. The molecule has 0 spiro atoms. The fraction of sp³-hybridized carbons (Fsp3) is 0.188. The Morgan fingerprint density at radius 1 is 1.30 bits per heavy atom. The van der Waals surface area contributed by atoms with Crippen LogP contribution in [0.15, 0.2) is 48.9 Å². The van der Waals surface area contributed by atoms with Gasteiger partial charge >= 0.3 is 6.03 Å². The molecule has 0 unspecified atom stereocenters. The van der Waals surface area contributed by atoms with E-state index >= 15 is 0 Å². The van der Waals surface area contributed by atoms with E-state index in [1.807, 2.05) is 0 Å². The van der Waals surface area contributed by atoms with Crippen LogP contribution in [-0.2, 0) is 0 Å². The van der Waals surface area contributed by atoms with Crippen LogP contribution >= 0.6 is 0 Å². The number of rotatable bonds is 3. The van der Waals surface area contributed by atoms with E-state index in [1.54, 1.807) is 61.2 Å². The number of fused-ring (bicyclic) bond motifs is 1. The lowest BCUT2D eigenvalue weighted by molar-refractivity contribution is 0.207. The zero-order chi connectivity index (χ0) is 16.4. The highest BCUT2D eigenvalue weighted by molar-refractivity contribution is 5.89. The summed E-state index contributed by atoms with van der Waals surface area (Å²) in [6.07, 6.45) is 3.27. The van der Waals surface area contributed by atoms with Crippen LogP contribution in [0.2, 0.25) is 0 Å². The molecule has 2 aromatic heterocycles. The lowest BCUT2D eigenvalue weighted by Gasteiger charge is -2.25. The second kappa shape index (κ2) is 6.04. The molecule has 2 heterocycles. The SMILES string of the molecule is C[C@H](c1ccccc1F)N(C)C(=O)Nc1ccc2nncn2c1. The molecule has 3 rings (SSSR count). The average molecular weight is 313 g/mol. The summed E-state index contributed by atoms with van der Waals surface area (Å²) < 4.78 is 15.6. The highest BCUT2D eigenvalue weighted by Crippen LogP contribution is 2.22. The van der Waals surface area contributed by atoms with Crippen LogP contribution in [0, 0.1) is 5.82 Å². The minimum atomic E-state index is -0.394. The first-order valence-electron chi connectivity index (χ1n) is 7.14. The number of carbonyl (C=O) groups excluding carboxylic acids is 1. The van der Waals surface area contributed by atoms with E-state index in [1.165, 1.54) is 11.0 Å². The van der Waals surface area contributed by atoms with Crippen molar-refractivity contribution in [2.24, 2.45) is 0 Å². The molecule has 3 aromatic rings. The molecule has 0 saturated heterocycles. The molecule has 0 saturated carbocycles. The summed E-state index contributed by atoms with van der Waals surface area (Å²) in [5.41, 5.74) is 1.77. The van der Waals surface area contributed by atoms with Gasteiger partial charge in [-0.2, -0.15) is 0 Å². The van der Waals surface area contributed by atoms with E-state index in [0.717, 1.165) is 0 Å². The molecule has 0 fully saturated rings. The van der Waals surface area contributed by atoms with Crippen molar-refractivity contribution in [3.05, 3.63) is 60.3 Å². The molecule has 7 heteroatoms. The molecule has 0 aliphatic rings. The van der Waals surface area contributed by atoms with Crippen LogP contribution in [0.4, 0.5) is 14.9 Å². The predicted molar refractivity (Wildman–Crippen MR) is 84.6 cm³/mol. The van der Waals surface area contributed by atoms with Gasteiger partial charge in [0.2, 0.25) is 0 Å². The van der Waals surface area contributed by atoms with Gasteiger partial charge in [-0.15, -0.1) is 10.2 Å². The third-order valence-electron chi connectivity index (χ3n) is 3.80. The Balaban J connectivity index is 1.75. The van der Waals surface area contributed by atoms with E-state index in [0.29, 0.717) is 16.9 Å². The lowest BCUT2D eigenvalue weighted by atomic mass is 10.1. The second-order valence-electron chi connectivity index (χ2n) is 5.25. The Hall–Kier alpha value is -2.96. The van der Waals surface area contributed by atoms with Gasteiger partial charge in [0.25, 0.3) is 0 Å². The van der Waals surface area contributed by atoms with Crippen molar-refractivity contribution >= 4 is 17.4 Å². The van der Waals surface area contributed by atoms with Crippen molar-refractivity contribution in [1.29, 1.82) is 0 Å². The molecule has 118 valence electrons. The summed E-state index contributed by atoms with van der Waals surface area (Å²) in [5, 5.41) is 10.5. The summed E-state index contributed by atoms with van der Waals surface area (Å²) in [5.74, 6) is -0.328. The Kier molecular flexibility index (Phi) is 3.92. The number of carbonyl (C=O) groups is 1. The van der Waals surface area contributed by atoms with Gasteiger partial charge in [0, 0.05) is 18.8 Å². The fourth-order valence-electron chi connectivity index (χ4n) is 2.31. The van der Waals surface area contributed by atoms with E-state index in [-0.39, 0.29) is 11.8 Å². The first-order chi connectivity index (χ1) is 11.1. The zero-order valence-electron chi connectivity index (χ0n) is 12.8. The van der Waals surface area contributed by atoms with Gasteiger partial charge in [0.15, 0.2) is 5.65 Å². The van der Waals surface area contributed by atoms with E-state index in [9.17, 15) is 9.18 Å². The number of urea groups is 1. The molecule has 2 amide bonds. The number of hydrogen-bond acceptors (Lipinski definition) is 3. The van der Waals surface area contributed by atoms with E-state index < -0.39 is 6.04 Å².